The second-order valence-electron chi connectivity index (χ2n) is 5.31. The number of nitrogens with one attached hydrogen (secondary N) is 1. The van der Waals surface area contributed by atoms with Crippen molar-refractivity contribution in [3.63, 3.8) is 0 Å². The van der Waals surface area contributed by atoms with Gasteiger partial charge in [-0.1, -0.05) is 13.8 Å². The van der Waals surface area contributed by atoms with Gasteiger partial charge in [-0.3, -0.25) is 0 Å². The highest BCUT2D eigenvalue weighted by molar-refractivity contribution is 5.58. The fourth-order valence-corrected chi connectivity index (χ4v) is 2.24. The molecule has 6 nitrogen and oxygen atoms in total. The van der Waals surface area contributed by atoms with Crippen molar-refractivity contribution in [1.82, 2.24) is 9.97 Å². The summed E-state index contributed by atoms with van der Waals surface area (Å²) in [6, 6.07) is 0. The van der Waals surface area contributed by atoms with Crippen LogP contribution >= 0.6 is 0 Å². The summed E-state index contributed by atoms with van der Waals surface area (Å²) in [7, 11) is 0. The number of nitrogens with two attached hydrogens (primary N) is 1. The predicted octanol–water partition coefficient (Wildman–Crippen LogP) is 1.42. The van der Waals surface area contributed by atoms with Crippen molar-refractivity contribution >= 4 is 11.6 Å². The Morgan fingerprint density at radius 3 is 2.74 bits per heavy atom. The first-order valence-electron chi connectivity index (χ1n) is 6.74. The number of aromatic nitrogens is 2. The highest BCUT2D eigenvalue weighted by Gasteiger charge is 2.22. The Hall–Kier alpha value is -1.40. The van der Waals surface area contributed by atoms with Crippen LogP contribution in [0, 0.1) is 6.92 Å². The van der Waals surface area contributed by atoms with Gasteiger partial charge in [0, 0.05) is 24.6 Å². The van der Waals surface area contributed by atoms with Gasteiger partial charge in [-0.05, 0) is 13.8 Å². The van der Waals surface area contributed by atoms with E-state index in [1.54, 1.807) is 0 Å². The van der Waals surface area contributed by atoms with E-state index in [-0.39, 0.29) is 12.0 Å². The minimum atomic E-state index is 0.222. The molecular formula is C13H23N5O. The third-order valence-electron chi connectivity index (χ3n) is 3.33. The molecule has 0 aromatic carbocycles. The molecule has 0 saturated carbocycles. The molecule has 1 aliphatic rings. The topological polar surface area (TPSA) is 76.3 Å². The van der Waals surface area contributed by atoms with Gasteiger partial charge in [-0.2, -0.15) is 0 Å². The molecule has 0 aliphatic carbocycles. The third kappa shape index (κ3) is 2.96. The zero-order valence-corrected chi connectivity index (χ0v) is 12.1. The van der Waals surface area contributed by atoms with Crippen molar-refractivity contribution in [2.45, 2.75) is 39.7 Å². The quantitative estimate of drug-likeness (QED) is 0.636. The van der Waals surface area contributed by atoms with Crippen molar-refractivity contribution in [3.05, 3.63) is 11.4 Å². The summed E-state index contributed by atoms with van der Waals surface area (Å²) in [5, 5.41) is 0. The maximum atomic E-state index is 5.58. The van der Waals surface area contributed by atoms with Crippen molar-refractivity contribution in [2.75, 3.05) is 30.0 Å². The SMILES string of the molecule is Cc1c(NN)nc(C(C)C)nc1N1CCOC(C)C1. The summed E-state index contributed by atoms with van der Waals surface area (Å²) < 4.78 is 5.58. The Balaban J connectivity index is 2.39. The smallest absolute Gasteiger partial charge is 0.148 e. The molecule has 2 heterocycles. The molecule has 1 fully saturated rings. The van der Waals surface area contributed by atoms with E-state index in [0.29, 0.717) is 5.82 Å². The van der Waals surface area contributed by atoms with Crippen LogP contribution in [0.1, 0.15) is 38.1 Å². The van der Waals surface area contributed by atoms with Crippen LogP contribution < -0.4 is 16.2 Å². The van der Waals surface area contributed by atoms with Crippen LogP contribution in [0.2, 0.25) is 0 Å². The summed E-state index contributed by atoms with van der Waals surface area (Å²) in [4.78, 5) is 11.4. The number of morpholine rings is 1. The molecule has 1 saturated heterocycles. The van der Waals surface area contributed by atoms with Gasteiger partial charge in [-0.25, -0.2) is 15.8 Å². The lowest BCUT2D eigenvalue weighted by atomic mass is 10.2. The monoisotopic (exact) mass is 265 g/mol. The molecule has 1 atom stereocenters. The van der Waals surface area contributed by atoms with E-state index in [2.05, 4.69) is 36.1 Å². The first-order valence-corrected chi connectivity index (χ1v) is 6.74. The summed E-state index contributed by atoms with van der Waals surface area (Å²) in [6.07, 6.45) is 0.222. The van der Waals surface area contributed by atoms with Gasteiger partial charge >= 0.3 is 0 Å². The van der Waals surface area contributed by atoms with Crippen LogP contribution in [0.5, 0.6) is 0 Å². The first kappa shape index (κ1) is 14.0. The molecule has 0 amide bonds. The minimum absolute atomic E-state index is 0.222. The van der Waals surface area contributed by atoms with Gasteiger partial charge in [-0.15, -0.1) is 0 Å². The largest absolute Gasteiger partial charge is 0.375 e. The number of hydrogen-bond donors (Lipinski definition) is 2. The minimum Gasteiger partial charge on any atom is -0.375 e. The van der Waals surface area contributed by atoms with Crippen molar-refractivity contribution in [1.29, 1.82) is 0 Å². The second kappa shape index (κ2) is 5.71. The summed E-state index contributed by atoms with van der Waals surface area (Å²) in [5.41, 5.74) is 3.66. The van der Waals surface area contributed by atoms with E-state index >= 15 is 0 Å². The summed E-state index contributed by atoms with van der Waals surface area (Å²) in [6.45, 7) is 10.7. The van der Waals surface area contributed by atoms with Crippen molar-refractivity contribution in [3.8, 4) is 0 Å². The molecule has 0 spiro atoms. The molecule has 1 aromatic heterocycles. The van der Waals surface area contributed by atoms with Crippen LogP contribution in [0.15, 0.2) is 0 Å². The molecule has 3 N–H and O–H groups in total. The van der Waals surface area contributed by atoms with Crippen LogP contribution in [-0.4, -0.2) is 35.8 Å². The zero-order chi connectivity index (χ0) is 14.0. The molecule has 2 rings (SSSR count). The lowest BCUT2D eigenvalue weighted by Gasteiger charge is -2.33. The van der Waals surface area contributed by atoms with E-state index in [1.165, 1.54) is 0 Å². The Kier molecular flexibility index (Phi) is 4.21. The van der Waals surface area contributed by atoms with Gasteiger partial charge in [0.2, 0.25) is 0 Å². The Morgan fingerprint density at radius 1 is 1.42 bits per heavy atom. The molecule has 6 heteroatoms. The Morgan fingerprint density at radius 2 is 2.16 bits per heavy atom. The van der Waals surface area contributed by atoms with E-state index in [1.807, 2.05) is 6.92 Å². The van der Waals surface area contributed by atoms with Crippen LogP contribution in [0.4, 0.5) is 11.6 Å². The lowest BCUT2D eigenvalue weighted by molar-refractivity contribution is 0.0529. The Labute approximate surface area is 114 Å². The molecule has 0 radical (unpaired) electrons. The van der Waals surface area contributed by atoms with Crippen LogP contribution in [0.3, 0.4) is 0 Å². The molecule has 1 unspecified atom stereocenters. The third-order valence-corrected chi connectivity index (χ3v) is 3.33. The van der Waals surface area contributed by atoms with Gasteiger partial charge in [0.15, 0.2) is 0 Å². The van der Waals surface area contributed by atoms with E-state index < -0.39 is 0 Å². The Bertz CT molecular complexity index is 449. The standard InChI is InChI=1S/C13H23N5O/c1-8(2)11-15-12(17-14)10(4)13(16-11)18-5-6-19-9(3)7-18/h8-9H,5-7,14H2,1-4H3,(H,15,16,17). The molecule has 106 valence electrons. The fourth-order valence-electron chi connectivity index (χ4n) is 2.24. The number of ether oxygens (including phenoxy) is 1. The van der Waals surface area contributed by atoms with Crippen LogP contribution in [-0.2, 0) is 4.74 Å². The molecule has 19 heavy (non-hydrogen) atoms. The predicted molar refractivity (Wildman–Crippen MR) is 76.3 cm³/mol. The zero-order valence-electron chi connectivity index (χ0n) is 12.1. The van der Waals surface area contributed by atoms with Gasteiger partial charge in [0.1, 0.15) is 17.5 Å². The molecule has 1 aromatic rings. The summed E-state index contributed by atoms with van der Waals surface area (Å²) in [5.74, 6) is 8.30. The number of nitrogens with zero attached hydrogens (tertiary/aromatic N) is 3. The molecule has 1 aliphatic heterocycles. The molecule has 0 bridgehead atoms. The normalized spacial score (nSPS) is 19.9. The van der Waals surface area contributed by atoms with Crippen LogP contribution in [0.25, 0.3) is 0 Å². The highest BCUT2D eigenvalue weighted by Crippen LogP contribution is 2.26. The number of hydrogen-bond acceptors (Lipinski definition) is 6. The number of anilines is 2. The average molecular weight is 265 g/mol. The number of rotatable bonds is 3. The van der Waals surface area contributed by atoms with Gasteiger partial charge in [0.05, 0.1) is 12.7 Å². The van der Waals surface area contributed by atoms with Gasteiger partial charge in [0.25, 0.3) is 0 Å². The summed E-state index contributed by atoms with van der Waals surface area (Å²) >= 11 is 0. The lowest BCUT2D eigenvalue weighted by Crippen LogP contribution is -2.42. The van der Waals surface area contributed by atoms with E-state index in [9.17, 15) is 0 Å². The van der Waals surface area contributed by atoms with Crippen molar-refractivity contribution in [2.24, 2.45) is 5.84 Å². The second-order valence-corrected chi connectivity index (χ2v) is 5.31. The average Bonchev–Trinajstić information content (AvgIpc) is 2.38. The fraction of sp³-hybridized carbons (Fsp3) is 0.692. The number of nitrogen functional groups attached to an aromatic ring is 1. The van der Waals surface area contributed by atoms with Gasteiger partial charge < -0.3 is 15.1 Å². The first-order chi connectivity index (χ1) is 9.02. The molecular weight excluding hydrogens is 242 g/mol. The van der Waals surface area contributed by atoms with E-state index in [4.69, 9.17) is 15.6 Å². The highest BCUT2D eigenvalue weighted by atomic mass is 16.5. The number of hydrazine groups is 1. The maximum absolute atomic E-state index is 5.58. The van der Waals surface area contributed by atoms with Crippen molar-refractivity contribution < 1.29 is 4.74 Å². The maximum Gasteiger partial charge on any atom is 0.148 e. The van der Waals surface area contributed by atoms with E-state index in [0.717, 1.165) is 36.9 Å².